The average Bonchev–Trinajstić information content (AvgIpc) is 2.14. The van der Waals surface area contributed by atoms with Crippen molar-refractivity contribution < 1.29 is 9.59 Å². The smallest absolute Gasteiger partial charge is 0.242 e. The van der Waals surface area contributed by atoms with E-state index in [-0.39, 0.29) is 17.7 Å². The molecule has 1 aliphatic rings. The van der Waals surface area contributed by atoms with Crippen LogP contribution in [0.2, 0.25) is 0 Å². The van der Waals surface area contributed by atoms with Gasteiger partial charge < -0.3 is 10.6 Å². The predicted octanol–water partition coefficient (Wildman–Crippen LogP) is 1.21. The Morgan fingerprint density at radius 2 is 2.06 bits per heavy atom. The second-order valence-electron chi connectivity index (χ2n) is 4.50. The number of hydrogen-bond acceptors (Lipinski definition) is 2. The minimum absolute atomic E-state index is 0.0318. The summed E-state index contributed by atoms with van der Waals surface area (Å²) in [5.74, 6) is 0.0939. The molecule has 4 heteroatoms. The molecule has 0 bridgehead atoms. The highest BCUT2D eigenvalue weighted by Crippen LogP contribution is 2.26. The zero-order valence-electron chi connectivity index (χ0n) is 10.2. The Morgan fingerprint density at radius 3 is 2.56 bits per heavy atom. The highest BCUT2D eigenvalue weighted by Gasteiger charge is 2.27. The molecule has 0 aromatic carbocycles. The van der Waals surface area contributed by atoms with E-state index < -0.39 is 6.04 Å². The molecule has 1 fully saturated rings. The van der Waals surface area contributed by atoms with Crippen LogP contribution in [0.3, 0.4) is 0 Å². The number of amides is 2. The molecule has 0 aromatic heterocycles. The lowest BCUT2D eigenvalue weighted by Crippen LogP contribution is -2.47. The third-order valence-electron chi connectivity index (χ3n) is 3.06. The largest absolute Gasteiger partial charge is 0.354 e. The fourth-order valence-corrected chi connectivity index (χ4v) is 1.61. The summed E-state index contributed by atoms with van der Waals surface area (Å²) in [6.07, 6.45) is 5.11. The number of carbonyl (C=O) groups excluding carboxylic acids is 2. The third kappa shape index (κ3) is 3.83. The normalized spacial score (nSPS) is 17.4. The van der Waals surface area contributed by atoms with Crippen LogP contribution in [0, 0.1) is 5.92 Å². The molecule has 1 atom stereocenters. The second-order valence-corrected chi connectivity index (χ2v) is 4.50. The first kappa shape index (κ1) is 13.0. The lowest BCUT2D eigenvalue weighted by atomic mass is 9.84. The van der Waals surface area contributed by atoms with Gasteiger partial charge in [0, 0.05) is 12.5 Å². The van der Waals surface area contributed by atoms with Crippen molar-refractivity contribution >= 4 is 11.8 Å². The summed E-state index contributed by atoms with van der Waals surface area (Å²) in [6.45, 7) is 4.50. The van der Waals surface area contributed by atoms with E-state index >= 15 is 0 Å². The quantitative estimate of drug-likeness (QED) is 0.669. The Bertz CT molecular complexity index is 249. The summed E-state index contributed by atoms with van der Waals surface area (Å²) in [4.78, 5) is 23.1. The maximum Gasteiger partial charge on any atom is 0.242 e. The Morgan fingerprint density at radius 1 is 1.38 bits per heavy atom. The molecule has 1 aliphatic carbocycles. The molecule has 0 spiro atoms. The zero-order chi connectivity index (χ0) is 12.0. The van der Waals surface area contributed by atoms with Crippen molar-refractivity contribution in [2.45, 2.75) is 52.0 Å². The van der Waals surface area contributed by atoms with E-state index in [1.165, 1.54) is 0 Å². The van der Waals surface area contributed by atoms with Crippen molar-refractivity contribution in [3.8, 4) is 0 Å². The maximum atomic E-state index is 11.6. The Hall–Kier alpha value is -1.06. The topological polar surface area (TPSA) is 58.2 Å². The van der Waals surface area contributed by atoms with Crippen molar-refractivity contribution in [3.63, 3.8) is 0 Å². The van der Waals surface area contributed by atoms with E-state index in [1.807, 2.05) is 0 Å². The van der Waals surface area contributed by atoms with Crippen LogP contribution in [0.4, 0.5) is 0 Å². The van der Waals surface area contributed by atoms with Gasteiger partial charge in [-0.15, -0.1) is 0 Å². The van der Waals surface area contributed by atoms with E-state index in [4.69, 9.17) is 0 Å². The van der Waals surface area contributed by atoms with Crippen molar-refractivity contribution in [1.29, 1.82) is 0 Å². The minimum Gasteiger partial charge on any atom is -0.354 e. The standard InChI is InChI=1S/C12H22N2O2/c1-3-4-8-13-11(15)9(2)14-12(16)10-6-5-7-10/h9-10H,3-8H2,1-2H3,(H,13,15)(H,14,16)/t9-/m1/s1. The van der Waals surface area contributed by atoms with Crippen LogP contribution in [-0.4, -0.2) is 24.4 Å². The van der Waals surface area contributed by atoms with Crippen molar-refractivity contribution in [2.75, 3.05) is 6.54 Å². The Balaban J connectivity index is 2.19. The fraction of sp³-hybridized carbons (Fsp3) is 0.833. The van der Waals surface area contributed by atoms with Crippen LogP contribution in [-0.2, 0) is 9.59 Å². The summed E-state index contributed by atoms with van der Waals surface area (Å²) in [5, 5.41) is 5.57. The number of hydrogen-bond donors (Lipinski definition) is 2. The molecule has 1 rings (SSSR count). The van der Waals surface area contributed by atoms with E-state index in [0.717, 1.165) is 32.1 Å². The number of carbonyl (C=O) groups is 2. The van der Waals surface area contributed by atoms with Gasteiger partial charge in [-0.25, -0.2) is 0 Å². The first-order chi connectivity index (χ1) is 7.65. The van der Waals surface area contributed by atoms with E-state index in [9.17, 15) is 9.59 Å². The van der Waals surface area contributed by atoms with Gasteiger partial charge in [0.15, 0.2) is 0 Å². The molecule has 4 nitrogen and oxygen atoms in total. The van der Waals surface area contributed by atoms with Crippen LogP contribution < -0.4 is 10.6 Å². The monoisotopic (exact) mass is 226 g/mol. The van der Waals surface area contributed by atoms with Crippen molar-refractivity contribution in [1.82, 2.24) is 10.6 Å². The summed E-state index contributed by atoms with van der Waals surface area (Å²) in [5.41, 5.74) is 0. The molecule has 2 amide bonds. The number of rotatable bonds is 6. The molecule has 92 valence electrons. The molecule has 0 aliphatic heterocycles. The molecule has 0 aromatic rings. The highest BCUT2D eigenvalue weighted by atomic mass is 16.2. The summed E-state index contributed by atoms with van der Waals surface area (Å²) < 4.78 is 0. The Labute approximate surface area is 97.2 Å². The second kappa shape index (κ2) is 6.51. The van der Waals surface area contributed by atoms with Gasteiger partial charge in [-0.3, -0.25) is 9.59 Å². The molecule has 1 saturated carbocycles. The van der Waals surface area contributed by atoms with Gasteiger partial charge in [0.2, 0.25) is 11.8 Å². The van der Waals surface area contributed by atoms with E-state index in [1.54, 1.807) is 6.92 Å². The van der Waals surface area contributed by atoms with Gasteiger partial charge in [0.1, 0.15) is 6.04 Å². The molecule has 2 N–H and O–H groups in total. The van der Waals surface area contributed by atoms with Gasteiger partial charge in [-0.05, 0) is 26.2 Å². The predicted molar refractivity (Wildman–Crippen MR) is 62.9 cm³/mol. The van der Waals surface area contributed by atoms with Gasteiger partial charge in [0.05, 0.1) is 0 Å². The lowest BCUT2D eigenvalue weighted by molar-refractivity contribution is -0.132. The van der Waals surface area contributed by atoms with Crippen LogP contribution in [0.15, 0.2) is 0 Å². The summed E-state index contributed by atoms with van der Waals surface area (Å²) in [7, 11) is 0. The molecule has 16 heavy (non-hydrogen) atoms. The summed E-state index contributed by atoms with van der Waals surface area (Å²) in [6, 6.07) is -0.412. The first-order valence-electron chi connectivity index (χ1n) is 6.23. The van der Waals surface area contributed by atoms with Crippen LogP contribution in [0.5, 0.6) is 0 Å². The Kier molecular flexibility index (Phi) is 5.29. The van der Waals surface area contributed by atoms with Gasteiger partial charge >= 0.3 is 0 Å². The number of unbranched alkanes of at least 4 members (excludes halogenated alkanes) is 1. The highest BCUT2D eigenvalue weighted by molar-refractivity contribution is 5.88. The maximum absolute atomic E-state index is 11.6. The van der Waals surface area contributed by atoms with E-state index in [2.05, 4.69) is 17.6 Å². The van der Waals surface area contributed by atoms with E-state index in [0.29, 0.717) is 6.54 Å². The van der Waals surface area contributed by atoms with Crippen LogP contribution in [0.1, 0.15) is 46.0 Å². The molecule has 0 radical (unpaired) electrons. The molecule has 0 unspecified atom stereocenters. The summed E-state index contributed by atoms with van der Waals surface area (Å²) >= 11 is 0. The molecule has 0 saturated heterocycles. The van der Waals surface area contributed by atoms with Gasteiger partial charge in [-0.2, -0.15) is 0 Å². The number of nitrogens with one attached hydrogen (secondary N) is 2. The first-order valence-corrected chi connectivity index (χ1v) is 6.23. The SMILES string of the molecule is CCCCNC(=O)[C@@H](C)NC(=O)C1CCC1. The van der Waals surface area contributed by atoms with Gasteiger partial charge in [-0.1, -0.05) is 19.8 Å². The lowest BCUT2D eigenvalue weighted by Gasteiger charge is -2.25. The third-order valence-corrected chi connectivity index (χ3v) is 3.06. The molecule has 0 heterocycles. The van der Waals surface area contributed by atoms with Crippen molar-refractivity contribution in [2.24, 2.45) is 5.92 Å². The van der Waals surface area contributed by atoms with Gasteiger partial charge in [0.25, 0.3) is 0 Å². The van der Waals surface area contributed by atoms with Crippen LogP contribution >= 0.6 is 0 Å². The van der Waals surface area contributed by atoms with Crippen LogP contribution in [0.25, 0.3) is 0 Å². The minimum atomic E-state index is -0.412. The average molecular weight is 226 g/mol. The molecular formula is C12H22N2O2. The zero-order valence-corrected chi connectivity index (χ0v) is 10.2. The molecular weight excluding hydrogens is 204 g/mol. The van der Waals surface area contributed by atoms with Crippen molar-refractivity contribution in [3.05, 3.63) is 0 Å². The fourth-order valence-electron chi connectivity index (χ4n) is 1.61.